The van der Waals surface area contributed by atoms with Crippen LogP contribution in [0.2, 0.25) is 0 Å². The number of amides is 1. The minimum Gasteiger partial charge on any atom is -0.481 e. The number of carboxylic acid groups (broad SMARTS) is 1. The third kappa shape index (κ3) is 3.79. The summed E-state index contributed by atoms with van der Waals surface area (Å²) in [6.07, 6.45) is 1.71. The SMILES string of the molecule is O=C(O)CCc1ccccc1NC(=O)[C@H]1CCCO1. The van der Waals surface area contributed by atoms with Crippen LogP contribution in [0.15, 0.2) is 24.3 Å². The zero-order chi connectivity index (χ0) is 13.7. The summed E-state index contributed by atoms with van der Waals surface area (Å²) in [4.78, 5) is 22.6. The number of anilines is 1. The third-order valence-electron chi connectivity index (χ3n) is 3.11. The van der Waals surface area contributed by atoms with Gasteiger partial charge >= 0.3 is 5.97 Å². The fourth-order valence-electron chi connectivity index (χ4n) is 2.10. The number of hydrogen-bond acceptors (Lipinski definition) is 3. The van der Waals surface area contributed by atoms with Gasteiger partial charge in [0.1, 0.15) is 6.10 Å². The Kier molecular flexibility index (Phi) is 4.52. The molecule has 102 valence electrons. The highest BCUT2D eigenvalue weighted by Gasteiger charge is 2.23. The predicted molar refractivity (Wildman–Crippen MR) is 70.0 cm³/mol. The number of para-hydroxylation sites is 1. The normalized spacial score (nSPS) is 18.2. The molecule has 1 aromatic carbocycles. The zero-order valence-electron chi connectivity index (χ0n) is 10.6. The number of hydrogen-bond donors (Lipinski definition) is 2. The molecule has 1 saturated heterocycles. The minimum atomic E-state index is -0.847. The second kappa shape index (κ2) is 6.33. The highest BCUT2D eigenvalue weighted by Crippen LogP contribution is 2.19. The molecule has 0 bridgehead atoms. The zero-order valence-corrected chi connectivity index (χ0v) is 10.6. The largest absolute Gasteiger partial charge is 0.481 e. The lowest BCUT2D eigenvalue weighted by molar-refractivity contribution is -0.137. The van der Waals surface area contributed by atoms with Crippen LogP contribution < -0.4 is 5.32 Å². The van der Waals surface area contributed by atoms with Crippen LogP contribution in [0.5, 0.6) is 0 Å². The maximum absolute atomic E-state index is 12.0. The van der Waals surface area contributed by atoms with Gasteiger partial charge in [-0.25, -0.2) is 0 Å². The Morgan fingerprint density at radius 1 is 1.37 bits per heavy atom. The molecule has 1 amide bonds. The van der Waals surface area contributed by atoms with Gasteiger partial charge in [-0.15, -0.1) is 0 Å². The van der Waals surface area contributed by atoms with Gasteiger partial charge in [-0.3, -0.25) is 9.59 Å². The smallest absolute Gasteiger partial charge is 0.303 e. The van der Waals surface area contributed by atoms with E-state index < -0.39 is 5.97 Å². The van der Waals surface area contributed by atoms with Crippen molar-refractivity contribution in [1.29, 1.82) is 0 Å². The first-order valence-corrected chi connectivity index (χ1v) is 6.39. The Morgan fingerprint density at radius 2 is 2.16 bits per heavy atom. The van der Waals surface area contributed by atoms with E-state index in [0.717, 1.165) is 18.4 Å². The van der Waals surface area contributed by atoms with E-state index in [2.05, 4.69) is 5.32 Å². The van der Waals surface area contributed by atoms with Gasteiger partial charge in [-0.05, 0) is 30.9 Å². The summed E-state index contributed by atoms with van der Waals surface area (Å²) in [6.45, 7) is 0.624. The number of carbonyl (C=O) groups is 2. The Hall–Kier alpha value is -1.88. The molecule has 0 unspecified atom stereocenters. The van der Waals surface area contributed by atoms with Crippen molar-refractivity contribution in [3.63, 3.8) is 0 Å². The average Bonchev–Trinajstić information content (AvgIpc) is 2.91. The van der Waals surface area contributed by atoms with Crippen LogP contribution in [0.4, 0.5) is 5.69 Å². The summed E-state index contributed by atoms with van der Waals surface area (Å²) >= 11 is 0. The van der Waals surface area contributed by atoms with Gasteiger partial charge in [0.25, 0.3) is 5.91 Å². The van der Waals surface area contributed by atoms with Crippen LogP contribution in [0.1, 0.15) is 24.8 Å². The van der Waals surface area contributed by atoms with E-state index >= 15 is 0 Å². The monoisotopic (exact) mass is 263 g/mol. The molecule has 19 heavy (non-hydrogen) atoms. The molecule has 0 aromatic heterocycles. The first-order chi connectivity index (χ1) is 9.16. The van der Waals surface area contributed by atoms with Gasteiger partial charge in [0.2, 0.25) is 0 Å². The molecule has 2 rings (SSSR count). The number of carboxylic acids is 1. The molecule has 2 N–H and O–H groups in total. The Morgan fingerprint density at radius 3 is 2.84 bits per heavy atom. The summed E-state index contributed by atoms with van der Waals surface area (Å²) in [5.74, 6) is -1.000. The topological polar surface area (TPSA) is 75.6 Å². The Bertz CT molecular complexity index is 466. The summed E-state index contributed by atoms with van der Waals surface area (Å²) < 4.78 is 5.32. The van der Waals surface area contributed by atoms with Crippen molar-refractivity contribution in [2.75, 3.05) is 11.9 Å². The predicted octanol–water partition coefficient (Wildman–Crippen LogP) is 1.82. The second-order valence-electron chi connectivity index (χ2n) is 4.54. The molecule has 0 aliphatic carbocycles. The number of aliphatic carboxylic acids is 1. The summed E-state index contributed by atoms with van der Waals surface area (Å²) in [7, 11) is 0. The molecule has 1 aliphatic rings. The van der Waals surface area contributed by atoms with Crippen LogP contribution in [0.3, 0.4) is 0 Å². The molecular formula is C14H17NO4. The average molecular weight is 263 g/mol. The lowest BCUT2D eigenvalue weighted by Gasteiger charge is -2.13. The molecule has 1 aromatic rings. The molecule has 0 saturated carbocycles. The van der Waals surface area contributed by atoms with E-state index in [1.54, 1.807) is 6.07 Å². The summed E-state index contributed by atoms with van der Waals surface area (Å²) in [5.41, 5.74) is 1.50. The van der Waals surface area contributed by atoms with Crippen LogP contribution in [-0.2, 0) is 20.7 Å². The lowest BCUT2D eigenvalue weighted by Crippen LogP contribution is -2.27. The molecule has 1 atom stereocenters. The highest BCUT2D eigenvalue weighted by atomic mass is 16.5. The fraction of sp³-hybridized carbons (Fsp3) is 0.429. The molecule has 1 heterocycles. The maximum Gasteiger partial charge on any atom is 0.303 e. The molecule has 5 nitrogen and oxygen atoms in total. The van der Waals surface area contributed by atoms with Crippen LogP contribution in [0.25, 0.3) is 0 Å². The maximum atomic E-state index is 12.0. The van der Waals surface area contributed by atoms with Gasteiger partial charge in [0.05, 0.1) is 0 Å². The van der Waals surface area contributed by atoms with Crippen molar-refractivity contribution in [1.82, 2.24) is 0 Å². The summed E-state index contributed by atoms with van der Waals surface area (Å²) in [6, 6.07) is 7.26. The van der Waals surface area contributed by atoms with E-state index in [9.17, 15) is 9.59 Å². The van der Waals surface area contributed by atoms with Gasteiger partial charge in [0, 0.05) is 18.7 Å². The van der Waals surface area contributed by atoms with Crippen molar-refractivity contribution < 1.29 is 19.4 Å². The fourth-order valence-corrected chi connectivity index (χ4v) is 2.10. The van der Waals surface area contributed by atoms with Crippen molar-refractivity contribution >= 4 is 17.6 Å². The van der Waals surface area contributed by atoms with E-state index in [1.165, 1.54) is 0 Å². The van der Waals surface area contributed by atoms with Gasteiger partial charge in [0.15, 0.2) is 0 Å². The van der Waals surface area contributed by atoms with Crippen molar-refractivity contribution in [2.24, 2.45) is 0 Å². The molecule has 1 fully saturated rings. The lowest BCUT2D eigenvalue weighted by atomic mass is 10.1. The van der Waals surface area contributed by atoms with Gasteiger partial charge < -0.3 is 15.2 Å². The third-order valence-corrected chi connectivity index (χ3v) is 3.11. The molecular weight excluding hydrogens is 246 g/mol. The van der Waals surface area contributed by atoms with Crippen molar-refractivity contribution in [3.05, 3.63) is 29.8 Å². The van der Waals surface area contributed by atoms with Crippen LogP contribution in [0, 0.1) is 0 Å². The van der Waals surface area contributed by atoms with Gasteiger partial charge in [-0.1, -0.05) is 18.2 Å². The number of aryl methyl sites for hydroxylation is 1. The number of carbonyl (C=O) groups excluding carboxylic acids is 1. The molecule has 0 spiro atoms. The Balaban J connectivity index is 2.02. The number of benzene rings is 1. The van der Waals surface area contributed by atoms with E-state index in [4.69, 9.17) is 9.84 Å². The van der Waals surface area contributed by atoms with Crippen LogP contribution in [-0.4, -0.2) is 29.7 Å². The van der Waals surface area contributed by atoms with Gasteiger partial charge in [-0.2, -0.15) is 0 Å². The molecule has 0 radical (unpaired) electrons. The standard InChI is InChI=1S/C14H17NO4/c16-13(17)8-7-10-4-1-2-5-11(10)15-14(18)12-6-3-9-19-12/h1-2,4-5,12H,3,6-9H2,(H,15,18)(H,16,17)/t12-/m1/s1. The second-order valence-corrected chi connectivity index (χ2v) is 4.54. The summed E-state index contributed by atoms with van der Waals surface area (Å²) in [5, 5.41) is 11.5. The van der Waals surface area contributed by atoms with Crippen molar-refractivity contribution in [3.8, 4) is 0 Å². The quantitative estimate of drug-likeness (QED) is 0.849. The van der Waals surface area contributed by atoms with E-state index in [1.807, 2.05) is 18.2 Å². The van der Waals surface area contributed by atoms with E-state index in [-0.39, 0.29) is 18.4 Å². The molecule has 5 heteroatoms. The first kappa shape index (κ1) is 13.5. The first-order valence-electron chi connectivity index (χ1n) is 6.39. The number of rotatable bonds is 5. The minimum absolute atomic E-state index is 0.0484. The van der Waals surface area contributed by atoms with E-state index in [0.29, 0.717) is 18.7 Å². The number of nitrogens with one attached hydrogen (secondary N) is 1. The molecule has 1 aliphatic heterocycles. The van der Waals surface area contributed by atoms with Crippen LogP contribution >= 0.6 is 0 Å². The number of ether oxygens (including phenoxy) is 1. The van der Waals surface area contributed by atoms with Crippen molar-refractivity contribution in [2.45, 2.75) is 31.8 Å². The Labute approximate surface area is 111 Å². The highest BCUT2D eigenvalue weighted by molar-refractivity contribution is 5.95.